The third-order valence-electron chi connectivity index (χ3n) is 3.41. The van der Waals surface area contributed by atoms with Crippen LogP contribution in [0.5, 0.6) is 5.75 Å². The molecular formula is C16H20N2O3. The smallest absolute Gasteiger partial charge is 0.244 e. The number of amides is 2. The van der Waals surface area contributed by atoms with Crippen LogP contribution in [0.15, 0.2) is 24.3 Å². The van der Waals surface area contributed by atoms with E-state index >= 15 is 0 Å². The van der Waals surface area contributed by atoms with Gasteiger partial charge in [0.15, 0.2) is 0 Å². The van der Waals surface area contributed by atoms with Crippen LogP contribution in [0.2, 0.25) is 0 Å². The number of carbonyl (C=O) groups is 2. The monoisotopic (exact) mass is 288 g/mol. The third-order valence-corrected chi connectivity index (χ3v) is 3.41. The predicted octanol–water partition coefficient (Wildman–Crippen LogP) is 1.41. The number of benzene rings is 1. The number of rotatable bonds is 4. The van der Waals surface area contributed by atoms with Crippen molar-refractivity contribution < 1.29 is 14.3 Å². The van der Waals surface area contributed by atoms with Crippen molar-refractivity contribution in [3.8, 4) is 5.75 Å². The van der Waals surface area contributed by atoms with Gasteiger partial charge in [0.1, 0.15) is 5.75 Å². The Kier molecular flexibility index (Phi) is 4.98. The summed E-state index contributed by atoms with van der Waals surface area (Å²) >= 11 is 0. The molecule has 1 saturated heterocycles. The van der Waals surface area contributed by atoms with Gasteiger partial charge in [0.2, 0.25) is 11.8 Å². The van der Waals surface area contributed by atoms with Crippen molar-refractivity contribution in [2.24, 2.45) is 0 Å². The Morgan fingerprint density at radius 1 is 1.48 bits per heavy atom. The van der Waals surface area contributed by atoms with E-state index in [4.69, 9.17) is 4.74 Å². The van der Waals surface area contributed by atoms with Crippen LogP contribution in [0, 0.1) is 6.92 Å². The molecule has 1 aromatic rings. The molecular weight excluding hydrogens is 268 g/mol. The van der Waals surface area contributed by atoms with Crippen molar-refractivity contribution in [2.45, 2.75) is 25.8 Å². The van der Waals surface area contributed by atoms with Crippen LogP contribution < -0.4 is 15.4 Å². The fourth-order valence-corrected chi connectivity index (χ4v) is 2.25. The van der Waals surface area contributed by atoms with Crippen LogP contribution in [0.3, 0.4) is 0 Å². The van der Waals surface area contributed by atoms with E-state index in [0.29, 0.717) is 19.4 Å². The van der Waals surface area contributed by atoms with Crippen molar-refractivity contribution in [3.63, 3.8) is 0 Å². The van der Waals surface area contributed by atoms with Crippen molar-refractivity contribution in [2.75, 3.05) is 13.7 Å². The summed E-state index contributed by atoms with van der Waals surface area (Å²) < 4.78 is 5.26. The molecule has 0 bridgehead atoms. The van der Waals surface area contributed by atoms with Gasteiger partial charge in [-0.2, -0.15) is 0 Å². The molecule has 5 nitrogen and oxygen atoms in total. The summed E-state index contributed by atoms with van der Waals surface area (Å²) in [6.07, 6.45) is 4.37. The summed E-state index contributed by atoms with van der Waals surface area (Å²) in [6, 6.07) is 5.80. The Balaban J connectivity index is 1.96. The lowest BCUT2D eigenvalue weighted by Crippen LogP contribution is -2.47. The van der Waals surface area contributed by atoms with Gasteiger partial charge in [0.05, 0.1) is 7.11 Å². The summed E-state index contributed by atoms with van der Waals surface area (Å²) in [5.74, 6) is 0.606. The standard InChI is InChI=1S/C16H20N2O3/c1-11-3-6-14(21-2)12(9-11)4-7-16(20)18-13-5-8-15(19)17-10-13/h3-4,6-7,9,13H,5,8,10H2,1-2H3,(H,17,19)(H,18,20). The molecule has 2 amide bonds. The van der Waals surface area contributed by atoms with Crippen LogP contribution in [0.4, 0.5) is 0 Å². The van der Waals surface area contributed by atoms with Gasteiger partial charge in [-0.3, -0.25) is 9.59 Å². The maximum absolute atomic E-state index is 11.9. The first-order chi connectivity index (χ1) is 10.1. The zero-order valence-corrected chi connectivity index (χ0v) is 12.3. The van der Waals surface area contributed by atoms with Crippen LogP contribution in [0.1, 0.15) is 24.0 Å². The number of nitrogens with one attached hydrogen (secondary N) is 2. The molecule has 1 aromatic carbocycles. The van der Waals surface area contributed by atoms with E-state index in [1.807, 2.05) is 25.1 Å². The summed E-state index contributed by atoms with van der Waals surface area (Å²) in [5, 5.41) is 5.62. The number of hydrogen-bond donors (Lipinski definition) is 2. The van der Waals surface area contributed by atoms with Gasteiger partial charge in [-0.05, 0) is 31.6 Å². The van der Waals surface area contributed by atoms with E-state index in [-0.39, 0.29) is 17.9 Å². The molecule has 1 heterocycles. The van der Waals surface area contributed by atoms with E-state index in [2.05, 4.69) is 10.6 Å². The van der Waals surface area contributed by atoms with E-state index in [1.165, 1.54) is 6.08 Å². The van der Waals surface area contributed by atoms with E-state index in [9.17, 15) is 9.59 Å². The first-order valence-corrected chi connectivity index (χ1v) is 6.98. The number of aryl methyl sites for hydroxylation is 1. The Labute approximate surface area is 124 Å². The van der Waals surface area contributed by atoms with Crippen molar-refractivity contribution in [1.29, 1.82) is 0 Å². The predicted molar refractivity (Wildman–Crippen MR) is 80.9 cm³/mol. The Hall–Kier alpha value is -2.30. The molecule has 5 heteroatoms. The minimum atomic E-state index is -0.167. The van der Waals surface area contributed by atoms with Gasteiger partial charge in [-0.1, -0.05) is 11.6 Å². The lowest BCUT2D eigenvalue weighted by Gasteiger charge is -2.22. The zero-order chi connectivity index (χ0) is 15.2. The first-order valence-electron chi connectivity index (χ1n) is 6.98. The highest BCUT2D eigenvalue weighted by Gasteiger charge is 2.18. The highest BCUT2D eigenvalue weighted by molar-refractivity contribution is 5.92. The molecule has 0 aromatic heterocycles. The quantitative estimate of drug-likeness (QED) is 0.823. The molecule has 112 valence electrons. The van der Waals surface area contributed by atoms with Crippen molar-refractivity contribution in [3.05, 3.63) is 35.4 Å². The highest BCUT2D eigenvalue weighted by Crippen LogP contribution is 2.20. The molecule has 0 radical (unpaired) electrons. The van der Waals surface area contributed by atoms with Crippen molar-refractivity contribution >= 4 is 17.9 Å². The SMILES string of the molecule is COc1ccc(C)cc1C=CC(=O)NC1CCC(=O)NC1. The van der Waals surface area contributed by atoms with Gasteiger partial charge >= 0.3 is 0 Å². The number of piperidine rings is 1. The fourth-order valence-electron chi connectivity index (χ4n) is 2.25. The van der Waals surface area contributed by atoms with Gasteiger partial charge in [0, 0.05) is 30.6 Å². The summed E-state index contributed by atoms with van der Waals surface area (Å²) in [5.41, 5.74) is 1.97. The maximum atomic E-state index is 11.9. The lowest BCUT2D eigenvalue weighted by molar-refractivity contribution is -0.124. The first kappa shape index (κ1) is 15.1. The second kappa shape index (κ2) is 6.92. The van der Waals surface area contributed by atoms with E-state index in [1.54, 1.807) is 13.2 Å². The summed E-state index contributed by atoms with van der Waals surface area (Å²) in [4.78, 5) is 23.0. The highest BCUT2D eigenvalue weighted by atomic mass is 16.5. The number of ether oxygens (including phenoxy) is 1. The molecule has 0 saturated carbocycles. The third kappa shape index (κ3) is 4.34. The molecule has 2 rings (SSSR count). The number of carbonyl (C=O) groups excluding carboxylic acids is 2. The Bertz CT molecular complexity index is 557. The van der Waals surface area contributed by atoms with Gasteiger partial charge in [0.25, 0.3) is 0 Å². The average molecular weight is 288 g/mol. The second-order valence-electron chi connectivity index (χ2n) is 5.13. The van der Waals surface area contributed by atoms with Gasteiger partial charge < -0.3 is 15.4 Å². The molecule has 1 fully saturated rings. The topological polar surface area (TPSA) is 67.4 Å². The lowest BCUT2D eigenvalue weighted by atomic mass is 10.1. The molecule has 1 aliphatic rings. The minimum Gasteiger partial charge on any atom is -0.496 e. The van der Waals surface area contributed by atoms with Gasteiger partial charge in [-0.15, -0.1) is 0 Å². The number of hydrogen-bond acceptors (Lipinski definition) is 3. The molecule has 0 aliphatic carbocycles. The van der Waals surface area contributed by atoms with Gasteiger partial charge in [-0.25, -0.2) is 0 Å². The maximum Gasteiger partial charge on any atom is 0.244 e. The molecule has 1 unspecified atom stereocenters. The molecule has 1 atom stereocenters. The van der Waals surface area contributed by atoms with Crippen LogP contribution in [-0.4, -0.2) is 31.5 Å². The average Bonchev–Trinajstić information content (AvgIpc) is 2.48. The number of methoxy groups -OCH3 is 1. The van der Waals surface area contributed by atoms with E-state index in [0.717, 1.165) is 16.9 Å². The molecule has 1 aliphatic heterocycles. The van der Waals surface area contributed by atoms with Crippen LogP contribution >= 0.6 is 0 Å². The van der Waals surface area contributed by atoms with Crippen LogP contribution in [0.25, 0.3) is 6.08 Å². The van der Waals surface area contributed by atoms with E-state index < -0.39 is 0 Å². The van der Waals surface area contributed by atoms with Crippen LogP contribution in [-0.2, 0) is 9.59 Å². The normalized spacial score (nSPS) is 18.4. The zero-order valence-electron chi connectivity index (χ0n) is 12.3. The second-order valence-corrected chi connectivity index (χ2v) is 5.13. The molecule has 2 N–H and O–H groups in total. The molecule has 0 spiro atoms. The fraction of sp³-hybridized carbons (Fsp3) is 0.375. The summed E-state index contributed by atoms with van der Waals surface area (Å²) in [6.45, 7) is 2.48. The minimum absolute atomic E-state index is 0.000690. The Morgan fingerprint density at radius 2 is 2.29 bits per heavy atom. The Morgan fingerprint density at radius 3 is 2.95 bits per heavy atom. The largest absolute Gasteiger partial charge is 0.496 e. The molecule has 21 heavy (non-hydrogen) atoms. The van der Waals surface area contributed by atoms with Crippen molar-refractivity contribution in [1.82, 2.24) is 10.6 Å². The summed E-state index contributed by atoms with van der Waals surface area (Å²) in [7, 11) is 1.60.